The Hall–Kier alpha value is -0.900. The van der Waals surface area contributed by atoms with E-state index in [1.54, 1.807) is 4.90 Å². The summed E-state index contributed by atoms with van der Waals surface area (Å²) < 4.78 is 0. The maximum Gasteiger partial charge on any atom is 0.140 e. The van der Waals surface area contributed by atoms with Crippen LogP contribution in [0, 0.1) is 6.92 Å². The smallest absolute Gasteiger partial charge is 0.140 e. The summed E-state index contributed by atoms with van der Waals surface area (Å²) in [5.41, 5.74) is 2.73. The fourth-order valence-corrected chi connectivity index (χ4v) is 2.66. The van der Waals surface area contributed by atoms with Crippen molar-refractivity contribution in [3.05, 3.63) is 35.4 Å². The fraction of sp³-hybridized carbons (Fsp3) is 0.571. The van der Waals surface area contributed by atoms with Crippen molar-refractivity contribution < 1.29 is 15.3 Å². The lowest BCUT2D eigenvalue weighted by atomic mass is 10.1. The summed E-state index contributed by atoms with van der Waals surface area (Å²) in [5, 5.41) is 11.5. The summed E-state index contributed by atoms with van der Waals surface area (Å²) in [5.74, 6) is 0. The summed E-state index contributed by atoms with van der Waals surface area (Å²) in [6.07, 6.45) is 0.928. The monoisotopic (exact) mass is 236 g/mol. The van der Waals surface area contributed by atoms with Gasteiger partial charge in [-0.3, -0.25) is 0 Å². The minimum Gasteiger partial charge on any atom is -0.396 e. The highest BCUT2D eigenvalue weighted by atomic mass is 16.3. The SMILES string of the molecule is Cc1ccc(C[NH+]2CC[NH2+]C[C@H]2CCO)cc1. The first-order valence-corrected chi connectivity index (χ1v) is 6.62. The molecule has 4 N–H and O–H groups in total. The van der Waals surface area contributed by atoms with Gasteiger partial charge in [0.25, 0.3) is 0 Å². The second-order valence-electron chi connectivity index (χ2n) is 5.09. The van der Waals surface area contributed by atoms with Gasteiger partial charge in [-0.1, -0.05) is 29.8 Å². The molecule has 3 nitrogen and oxygen atoms in total. The standard InChI is InChI=1S/C14H22N2O/c1-12-2-4-13(5-3-12)11-16-8-7-15-10-14(16)6-9-17/h2-5,14-15,17H,6-11H2,1H3/p+2/t14-/m1/s1. The van der Waals surface area contributed by atoms with E-state index < -0.39 is 0 Å². The Bertz CT molecular complexity index is 335. The number of piperazine rings is 1. The van der Waals surface area contributed by atoms with Crippen LogP contribution < -0.4 is 10.2 Å². The summed E-state index contributed by atoms with van der Waals surface area (Å²) in [7, 11) is 0. The Morgan fingerprint density at radius 2 is 2.12 bits per heavy atom. The average molecular weight is 236 g/mol. The lowest BCUT2D eigenvalue weighted by Gasteiger charge is -2.30. The van der Waals surface area contributed by atoms with Crippen LogP contribution in [0.15, 0.2) is 24.3 Å². The normalized spacial score (nSPS) is 24.8. The molecule has 1 aromatic rings. The van der Waals surface area contributed by atoms with E-state index in [-0.39, 0.29) is 0 Å². The Kier molecular flexibility index (Phi) is 4.54. The lowest BCUT2D eigenvalue weighted by Crippen LogP contribution is -3.23. The first kappa shape index (κ1) is 12.6. The minimum absolute atomic E-state index is 0.315. The number of nitrogens with one attached hydrogen (secondary N) is 1. The molecular formula is C14H24N2O+2. The van der Waals surface area contributed by atoms with Crippen LogP contribution in [0.5, 0.6) is 0 Å². The van der Waals surface area contributed by atoms with Crippen LogP contribution in [0.3, 0.4) is 0 Å². The highest BCUT2D eigenvalue weighted by Crippen LogP contribution is 2.01. The third-order valence-electron chi connectivity index (χ3n) is 3.73. The number of hydrogen-bond donors (Lipinski definition) is 3. The zero-order chi connectivity index (χ0) is 12.1. The molecule has 2 atom stereocenters. The van der Waals surface area contributed by atoms with Gasteiger partial charge in [0.2, 0.25) is 0 Å². The molecule has 0 saturated carbocycles. The maximum absolute atomic E-state index is 9.11. The van der Waals surface area contributed by atoms with Gasteiger partial charge < -0.3 is 15.3 Å². The van der Waals surface area contributed by atoms with Crippen molar-refractivity contribution in [3.63, 3.8) is 0 Å². The quantitative estimate of drug-likeness (QED) is 0.598. The van der Waals surface area contributed by atoms with E-state index in [1.165, 1.54) is 24.2 Å². The van der Waals surface area contributed by atoms with Gasteiger partial charge in [0.05, 0.1) is 0 Å². The summed E-state index contributed by atoms with van der Waals surface area (Å²) in [6, 6.07) is 9.44. The molecule has 1 saturated heterocycles. The Balaban J connectivity index is 1.97. The van der Waals surface area contributed by atoms with Crippen molar-refractivity contribution in [3.8, 4) is 0 Å². The van der Waals surface area contributed by atoms with Gasteiger partial charge in [-0.05, 0) is 6.92 Å². The molecule has 1 unspecified atom stereocenters. The van der Waals surface area contributed by atoms with Gasteiger partial charge in [-0.15, -0.1) is 0 Å². The molecule has 94 valence electrons. The number of hydrogen-bond acceptors (Lipinski definition) is 1. The largest absolute Gasteiger partial charge is 0.396 e. The molecule has 1 fully saturated rings. The first-order valence-electron chi connectivity index (χ1n) is 6.62. The van der Waals surface area contributed by atoms with E-state index in [2.05, 4.69) is 36.5 Å². The molecule has 1 aliphatic rings. The average Bonchev–Trinajstić information content (AvgIpc) is 2.35. The highest BCUT2D eigenvalue weighted by molar-refractivity contribution is 5.20. The molecule has 0 bridgehead atoms. The molecule has 2 rings (SSSR count). The van der Waals surface area contributed by atoms with Crippen LogP contribution in [0.1, 0.15) is 17.5 Å². The number of nitrogens with two attached hydrogens (primary N) is 1. The predicted molar refractivity (Wildman–Crippen MR) is 67.9 cm³/mol. The highest BCUT2D eigenvalue weighted by Gasteiger charge is 2.27. The van der Waals surface area contributed by atoms with Crippen molar-refractivity contribution in [2.24, 2.45) is 0 Å². The number of benzene rings is 1. The fourth-order valence-electron chi connectivity index (χ4n) is 2.66. The summed E-state index contributed by atoms with van der Waals surface area (Å²) >= 11 is 0. The molecule has 1 heterocycles. The maximum atomic E-state index is 9.11. The van der Waals surface area contributed by atoms with Crippen LogP contribution in [0.4, 0.5) is 0 Å². The van der Waals surface area contributed by atoms with Gasteiger partial charge in [-0.2, -0.15) is 0 Å². The number of quaternary nitrogens is 2. The second-order valence-corrected chi connectivity index (χ2v) is 5.09. The Labute approximate surface area is 103 Å². The van der Waals surface area contributed by atoms with E-state index in [4.69, 9.17) is 5.11 Å². The van der Waals surface area contributed by atoms with Crippen molar-refractivity contribution >= 4 is 0 Å². The van der Waals surface area contributed by atoms with Crippen molar-refractivity contribution in [1.82, 2.24) is 0 Å². The second kappa shape index (κ2) is 6.15. The molecule has 0 spiro atoms. The zero-order valence-corrected chi connectivity index (χ0v) is 10.7. The number of aryl methyl sites for hydroxylation is 1. The first-order chi connectivity index (χ1) is 8.29. The summed E-state index contributed by atoms with van der Waals surface area (Å²) in [6.45, 7) is 7.11. The van der Waals surface area contributed by atoms with E-state index in [1.807, 2.05) is 0 Å². The molecular weight excluding hydrogens is 212 g/mol. The third-order valence-corrected chi connectivity index (χ3v) is 3.73. The summed E-state index contributed by atoms with van der Waals surface area (Å²) in [4.78, 5) is 1.63. The Morgan fingerprint density at radius 1 is 1.35 bits per heavy atom. The van der Waals surface area contributed by atoms with Crippen LogP contribution in [0.25, 0.3) is 0 Å². The third kappa shape index (κ3) is 3.53. The van der Waals surface area contributed by atoms with Gasteiger partial charge in [0.1, 0.15) is 32.2 Å². The van der Waals surface area contributed by atoms with Gasteiger partial charge in [0, 0.05) is 18.6 Å². The molecule has 0 aromatic heterocycles. The molecule has 0 radical (unpaired) electrons. The molecule has 0 aliphatic carbocycles. The molecule has 3 heteroatoms. The van der Waals surface area contributed by atoms with Crippen molar-refractivity contribution in [2.45, 2.75) is 25.9 Å². The topological polar surface area (TPSA) is 41.3 Å². The van der Waals surface area contributed by atoms with Crippen molar-refractivity contribution in [2.75, 3.05) is 26.2 Å². The zero-order valence-electron chi connectivity index (χ0n) is 10.7. The molecule has 0 amide bonds. The van der Waals surface area contributed by atoms with Crippen LogP contribution in [-0.4, -0.2) is 37.4 Å². The van der Waals surface area contributed by atoms with E-state index >= 15 is 0 Å². The molecule has 1 aliphatic heterocycles. The van der Waals surface area contributed by atoms with Crippen LogP contribution in [-0.2, 0) is 6.54 Å². The van der Waals surface area contributed by atoms with Gasteiger partial charge in [0.15, 0.2) is 0 Å². The number of aliphatic hydroxyl groups excluding tert-OH is 1. The van der Waals surface area contributed by atoms with Crippen molar-refractivity contribution in [1.29, 1.82) is 0 Å². The Morgan fingerprint density at radius 3 is 2.82 bits per heavy atom. The van der Waals surface area contributed by atoms with Gasteiger partial charge in [-0.25, -0.2) is 0 Å². The van der Waals surface area contributed by atoms with Gasteiger partial charge >= 0.3 is 0 Å². The van der Waals surface area contributed by atoms with E-state index in [0.717, 1.165) is 19.5 Å². The minimum atomic E-state index is 0.315. The predicted octanol–water partition coefficient (Wildman–Crippen LogP) is -1.29. The number of aliphatic hydroxyl groups is 1. The van der Waals surface area contributed by atoms with E-state index in [0.29, 0.717) is 12.6 Å². The van der Waals surface area contributed by atoms with Crippen LogP contribution in [0.2, 0.25) is 0 Å². The number of rotatable bonds is 4. The molecule has 1 aromatic carbocycles. The lowest BCUT2D eigenvalue weighted by molar-refractivity contribution is -0.982. The van der Waals surface area contributed by atoms with E-state index in [9.17, 15) is 0 Å². The van der Waals surface area contributed by atoms with Crippen LogP contribution >= 0.6 is 0 Å². The molecule has 17 heavy (non-hydrogen) atoms.